The summed E-state index contributed by atoms with van der Waals surface area (Å²) in [4.78, 5) is 11.8. The third kappa shape index (κ3) is 4.44. The normalized spacial score (nSPS) is 22.8. The van der Waals surface area contributed by atoms with Crippen molar-refractivity contribution in [3.8, 4) is 5.75 Å². The minimum absolute atomic E-state index is 0.0235. The summed E-state index contributed by atoms with van der Waals surface area (Å²) in [5.74, 6) is 0.542. The van der Waals surface area contributed by atoms with Gasteiger partial charge >= 0.3 is 0 Å². The summed E-state index contributed by atoms with van der Waals surface area (Å²) in [7, 11) is 0. The molecule has 1 aromatic carbocycles. The highest BCUT2D eigenvalue weighted by Crippen LogP contribution is 2.14. The van der Waals surface area contributed by atoms with Gasteiger partial charge in [0.1, 0.15) is 5.75 Å². The van der Waals surface area contributed by atoms with Crippen molar-refractivity contribution < 1.29 is 14.3 Å². The summed E-state index contributed by atoms with van der Waals surface area (Å²) >= 11 is 0. The van der Waals surface area contributed by atoms with E-state index in [4.69, 9.17) is 15.2 Å². The number of hydrogen-bond donors (Lipinski definition) is 2. The summed E-state index contributed by atoms with van der Waals surface area (Å²) in [5.41, 5.74) is 6.25. The summed E-state index contributed by atoms with van der Waals surface area (Å²) in [6.07, 6.45) is 1.92. The van der Waals surface area contributed by atoms with E-state index >= 15 is 0 Å². The number of hydrogen-bond acceptors (Lipinski definition) is 4. The zero-order valence-electron chi connectivity index (χ0n) is 11.1. The maximum absolute atomic E-state index is 11.8. The number of nitrogens with one attached hydrogen (secondary N) is 1. The summed E-state index contributed by atoms with van der Waals surface area (Å²) in [6.45, 7) is 2.74. The van der Waals surface area contributed by atoms with Crippen LogP contribution in [0.25, 0.3) is 0 Å². The fourth-order valence-electron chi connectivity index (χ4n) is 2.11. The largest absolute Gasteiger partial charge is 0.484 e. The van der Waals surface area contributed by atoms with Crippen molar-refractivity contribution in [2.45, 2.75) is 31.9 Å². The highest BCUT2D eigenvalue weighted by Gasteiger charge is 2.20. The standard InChI is InChI=1S/C14H20N2O3/c1-10-8-12(6-7-18-10)16-14(17)9-19-13-4-2-11(15)3-5-13/h2-5,10,12H,6-9,15H2,1H3,(H,16,17). The van der Waals surface area contributed by atoms with Gasteiger partial charge in [-0.2, -0.15) is 0 Å². The lowest BCUT2D eigenvalue weighted by Crippen LogP contribution is -2.43. The van der Waals surface area contributed by atoms with Crippen LogP contribution >= 0.6 is 0 Å². The molecule has 104 valence electrons. The number of ether oxygens (including phenoxy) is 2. The van der Waals surface area contributed by atoms with E-state index in [-0.39, 0.29) is 24.7 Å². The Balaban J connectivity index is 1.73. The lowest BCUT2D eigenvalue weighted by molar-refractivity contribution is -0.124. The number of carbonyl (C=O) groups is 1. The van der Waals surface area contributed by atoms with Crippen molar-refractivity contribution in [2.75, 3.05) is 18.9 Å². The minimum Gasteiger partial charge on any atom is -0.484 e. The van der Waals surface area contributed by atoms with Gasteiger partial charge in [0.15, 0.2) is 6.61 Å². The molecule has 2 atom stereocenters. The molecule has 19 heavy (non-hydrogen) atoms. The Labute approximate surface area is 113 Å². The first-order valence-electron chi connectivity index (χ1n) is 6.53. The van der Waals surface area contributed by atoms with Crippen molar-refractivity contribution >= 4 is 11.6 Å². The molecule has 1 saturated heterocycles. The Morgan fingerprint density at radius 1 is 1.47 bits per heavy atom. The van der Waals surface area contributed by atoms with E-state index in [9.17, 15) is 4.79 Å². The third-order valence-electron chi connectivity index (χ3n) is 3.10. The van der Waals surface area contributed by atoms with Crippen LogP contribution in [0.1, 0.15) is 19.8 Å². The molecule has 0 radical (unpaired) electrons. The van der Waals surface area contributed by atoms with Gasteiger partial charge in [-0.3, -0.25) is 4.79 Å². The van der Waals surface area contributed by atoms with Gasteiger partial charge in [0.2, 0.25) is 0 Å². The van der Waals surface area contributed by atoms with Gasteiger partial charge < -0.3 is 20.5 Å². The number of carbonyl (C=O) groups excluding carboxylic acids is 1. The van der Waals surface area contributed by atoms with Gasteiger partial charge in [-0.1, -0.05) is 0 Å². The van der Waals surface area contributed by atoms with Crippen LogP contribution in [-0.4, -0.2) is 31.3 Å². The molecular weight excluding hydrogens is 244 g/mol. The number of benzene rings is 1. The van der Waals surface area contributed by atoms with Crippen molar-refractivity contribution in [3.63, 3.8) is 0 Å². The number of amides is 1. The molecule has 3 N–H and O–H groups in total. The SMILES string of the molecule is CC1CC(NC(=O)COc2ccc(N)cc2)CCO1. The van der Waals surface area contributed by atoms with Gasteiger partial charge in [-0.15, -0.1) is 0 Å². The molecule has 1 fully saturated rings. The Bertz CT molecular complexity index is 419. The van der Waals surface area contributed by atoms with Crippen LogP contribution in [0.15, 0.2) is 24.3 Å². The predicted molar refractivity (Wildman–Crippen MR) is 72.9 cm³/mol. The molecule has 5 heteroatoms. The van der Waals surface area contributed by atoms with Gasteiger partial charge in [-0.05, 0) is 44.0 Å². The van der Waals surface area contributed by atoms with Gasteiger partial charge in [0, 0.05) is 18.3 Å². The van der Waals surface area contributed by atoms with Gasteiger partial charge in [0.25, 0.3) is 5.91 Å². The molecule has 1 aliphatic rings. The van der Waals surface area contributed by atoms with Crippen LogP contribution in [0, 0.1) is 0 Å². The van der Waals surface area contributed by atoms with Crippen LogP contribution in [0.3, 0.4) is 0 Å². The molecule has 0 spiro atoms. The van der Waals surface area contributed by atoms with E-state index < -0.39 is 0 Å². The number of anilines is 1. The molecule has 2 rings (SSSR count). The lowest BCUT2D eigenvalue weighted by Gasteiger charge is -2.27. The lowest BCUT2D eigenvalue weighted by atomic mass is 10.0. The van der Waals surface area contributed by atoms with Crippen molar-refractivity contribution in [2.24, 2.45) is 0 Å². The van der Waals surface area contributed by atoms with E-state index in [1.807, 2.05) is 6.92 Å². The average molecular weight is 264 g/mol. The van der Waals surface area contributed by atoms with Gasteiger partial charge in [0.05, 0.1) is 6.10 Å². The molecule has 1 amide bonds. The topological polar surface area (TPSA) is 73.6 Å². The van der Waals surface area contributed by atoms with Crippen LogP contribution < -0.4 is 15.8 Å². The van der Waals surface area contributed by atoms with Crippen LogP contribution in [0.5, 0.6) is 5.75 Å². The zero-order valence-corrected chi connectivity index (χ0v) is 11.1. The number of nitrogen functional groups attached to an aromatic ring is 1. The first-order valence-corrected chi connectivity index (χ1v) is 6.53. The molecule has 1 aliphatic heterocycles. The summed E-state index contributed by atoms with van der Waals surface area (Å²) in [6, 6.07) is 7.17. The highest BCUT2D eigenvalue weighted by atomic mass is 16.5. The van der Waals surface area contributed by atoms with Crippen LogP contribution in [0.4, 0.5) is 5.69 Å². The first kappa shape index (κ1) is 13.7. The highest BCUT2D eigenvalue weighted by molar-refractivity contribution is 5.77. The Morgan fingerprint density at radius 3 is 2.89 bits per heavy atom. The molecular formula is C14H20N2O3. The zero-order chi connectivity index (χ0) is 13.7. The molecule has 2 unspecified atom stereocenters. The van der Waals surface area contributed by atoms with E-state index in [2.05, 4.69) is 5.32 Å². The maximum Gasteiger partial charge on any atom is 0.258 e. The molecule has 1 heterocycles. The summed E-state index contributed by atoms with van der Waals surface area (Å²) < 4.78 is 10.8. The number of nitrogens with two attached hydrogens (primary N) is 1. The quantitative estimate of drug-likeness (QED) is 0.805. The second kappa shape index (κ2) is 6.43. The number of rotatable bonds is 4. The van der Waals surface area contributed by atoms with Crippen LogP contribution in [0.2, 0.25) is 0 Å². The molecule has 1 aromatic rings. The van der Waals surface area contributed by atoms with E-state index in [0.29, 0.717) is 18.0 Å². The predicted octanol–water partition coefficient (Wildman–Crippen LogP) is 1.33. The summed E-state index contributed by atoms with van der Waals surface area (Å²) in [5, 5.41) is 2.96. The second-order valence-corrected chi connectivity index (χ2v) is 4.83. The molecule has 0 aromatic heterocycles. The second-order valence-electron chi connectivity index (χ2n) is 4.83. The fraction of sp³-hybridized carbons (Fsp3) is 0.500. The van der Waals surface area contributed by atoms with E-state index in [1.165, 1.54) is 0 Å². The van der Waals surface area contributed by atoms with Crippen LogP contribution in [-0.2, 0) is 9.53 Å². The molecule has 0 aliphatic carbocycles. The molecule has 0 saturated carbocycles. The van der Waals surface area contributed by atoms with Crippen molar-refractivity contribution in [1.82, 2.24) is 5.32 Å². The Morgan fingerprint density at radius 2 is 2.21 bits per heavy atom. The molecule has 0 bridgehead atoms. The smallest absolute Gasteiger partial charge is 0.258 e. The first-order chi connectivity index (χ1) is 9.13. The Kier molecular flexibility index (Phi) is 4.63. The van der Waals surface area contributed by atoms with E-state index in [0.717, 1.165) is 12.8 Å². The Hall–Kier alpha value is -1.75. The third-order valence-corrected chi connectivity index (χ3v) is 3.10. The van der Waals surface area contributed by atoms with Crippen molar-refractivity contribution in [3.05, 3.63) is 24.3 Å². The average Bonchev–Trinajstić information content (AvgIpc) is 2.38. The monoisotopic (exact) mass is 264 g/mol. The maximum atomic E-state index is 11.8. The fourth-order valence-corrected chi connectivity index (χ4v) is 2.11. The van der Waals surface area contributed by atoms with Gasteiger partial charge in [-0.25, -0.2) is 0 Å². The van der Waals surface area contributed by atoms with Crippen molar-refractivity contribution in [1.29, 1.82) is 0 Å². The molecule has 5 nitrogen and oxygen atoms in total. The van der Waals surface area contributed by atoms with E-state index in [1.54, 1.807) is 24.3 Å². The minimum atomic E-state index is -0.101.